The molecule has 0 unspecified atom stereocenters. The molecule has 1 saturated heterocycles. The van der Waals surface area contributed by atoms with Gasteiger partial charge in [-0.1, -0.05) is 45.0 Å². The first-order valence-electron chi connectivity index (χ1n) is 9.96. The van der Waals surface area contributed by atoms with Gasteiger partial charge in [-0.15, -0.1) is 24.8 Å². The van der Waals surface area contributed by atoms with Crippen LogP contribution >= 0.6 is 24.8 Å². The fourth-order valence-electron chi connectivity index (χ4n) is 4.78. The number of benzene rings is 2. The minimum absolute atomic E-state index is 0. The highest BCUT2D eigenvalue weighted by Crippen LogP contribution is 2.40. The van der Waals surface area contributed by atoms with Crippen LogP contribution in [0.1, 0.15) is 39.3 Å². The Bertz CT molecular complexity index is 921. The predicted octanol–water partition coefficient (Wildman–Crippen LogP) is 5.65. The van der Waals surface area contributed by atoms with Crippen LogP contribution in [-0.4, -0.2) is 35.6 Å². The Morgan fingerprint density at radius 3 is 2.21 bits per heavy atom. The average Bonchev–Trinajstić information content (AvgIpc) is 2.95. The van der Waals surface area contributed by atoms with Gasteiger partial charge < -0.3 is 9.88 Å². The Hall–Kier alpha value is -1.26. The van der Waals surface area contributed by atoms with Gasteiger partial charge in [-0.05, 0) is 36.1 Å². The van der Waals surface area contributed by atoms with E-state index >= 15 is 0 Å². The normalized spacial score (nSPS) is 16.6. The molecule has 3 aromatic rings. The van der Waals surface area contributed by atoms with E-state index in [0.29, 0.717) is 6.04 Å². The fraction of sp³-hybridized carbons (Fsp3) is 0.478. The second kappa shape index (κ2) is 9.04. The summed E-state index contributed by atoms with van der Waals surface area (Å²) in [5, 5.41) is 6.26. The van der Waals surface area contributed by atoms with Gasteiger partial charge in [-0.3, -0.25) is 4.90 Å². The maximum Gasteiger partial charge on any atom is 0.0491 e. The van der Waals surface area contributed by atoms with Crippen LogP contribution in [0.4, 0.5) is 0 Å². The van der Waals surface area contributed by atoms with Crippen LogP contribution in [0.25, 0.3) is 21.8 Å². The largest absolute Gasteiger partial charge is 0.341 e. The molecule has 1 aromatic heterocycles. The van der Waals surface area contributed by atoms with Crippen molar-refractivity contribution < 1.29 is 0 Å². The number of nitrogens with zero attached hydrogens (tertiary/aromatic N) is 2. The first-order chi connectivity index (χ1) is 12.5. The minimum atomic E-state index is 0. The maximum atomic E-state index is 3.49. The molecular weight excluding hydrogens is 389 g/mol. The number of aryl methyl sites for hydroxylation is 1. The molecule has 0 aliphatic carbocycles. The number of aromatic nitrogens is 1. The van der Waals surface area contributed by atoms with E-state index in [-0.39, 0.29) is 30.2 Å². The van der Waals surface area contributed by atoms with Crippen molar-refractivity contribution in [1.82, 2.24) is 14.8 Å². The van der Waals surface area contributed by atoms with Crippen molar-refractivity contribution in [2.75, 3.05) is 26.2 Å². The molecule has 2 aromatic carbocycles. The summed E-state index contributed by atoms with van der Waals surface area (Å²) in [7, 11) is 0. The number of para-hydroxylation sites is 1. The van der Waals surface area contributed by atoms with E-state index in [2.05, 4.69) is 84.9 Å². The van der Waals surface area contributed by atoms with Gasteiger partial charge in [0.25, 0.3) is 0 Å². The molecule has 1 fully saturated rings. The quantitative estimate of drug-likeness (QED) is 0.589. The van der Waals surface area contributed by atoms with E-state index in [1.54, 1.807) is 0 Å². The molecule has 0 amide bonds. The highest BCUT2D eigenvalue weighted by atomic mass is 35.5. The third-order valence-electron chi connectivity index (χ3n) is 5.77. The standard InChI is InChI=1S/C23H31N3.2ClH/c1-5-26-20-9-7-6-8-18(20)19-16-17(10-11-21(19)26)22(23(2,3)4)25-14-12-24-13-15-25;;/h6-11,16,22,24H,5,12-15H2,1-4H3;2*1H/t22-;;/m0../s1. The molecule has 154 valence electrons. The lowest BCUT2D eigenvalue weighted by Crippen LogP contribution is -2.48. The van der Waals surface area contributed by atoms with Crippen molar-refractivity contribution in [1.29, 1.82) is 0 Å². The van der Waals surface area contributed by atoms with Crippen LogP contribution < -0.4 is 5.32 Å². The van der Waals surface area contributed by atoms with E-state index in [1.165, 1.54) is 27.4 Å². The molecule has 28 heavy (non-hydrogen) atoms. The third kappa shape index (κ3) is 4.04. The molecule has 0 radical (unpaired) electrons. The van der Waals surface area contributed by atoms with Crippen molar-refractivity contribution >= 4 is 46.6 Å². The van der Waals surface area contributed by atoms with Crippen molar-refractivity contribution in [3.63, 3.8) is 0 Å². The molecular formula is C23H33Cl2N3. The van der Waals surface area contributed by atoms with Gasteiger partial charge in [-0.2, -0.15) is 0 Å². The molecule has 1 atom stereocenters. The molecule has 0 bridgehead atoms. The van der Waals surface area contributed by atoms with E-state index in [4.69, 9.17) is 0 Å². The summed E-state index contributed by atoms with van der Waals surface area (Å²) in [4.78, 5) is 2.66. The summed E-state index contributed by atoms with van der Waals surface area (Å²) in [5.74, 6) is 0. The molecule has 5 heteroatoms. The van der Waals surface area contributed by atoms with Gasteiger partial charge in [-0.25, -0.2) is 0 Å². The van der Waals surface area contributed by atoms with E-state index in [9.17, 15) is 0 Å². The summed E-state index contributed by atoms with van der Waals surface area (Å²) < 4.78 is 2.44. The van der Waals surface area contributed by atoms with Crippen LogP contribution in [0.15, 0.2) is 42.5 Å². The Morgan fingerprint density at radius 1 is 0.929 bits per heavy atom. The Kier molecular flexibility index (Phi) is 7.44. The third-order valence-corrected chi connectivity index (χ3v) is 5.77. The Morgan fingerprint density at radius 2 is 1.57 bits per heavy atom. The smallest absolute Gasteiger partial charge is 0.0491 e. The predicted molar refractivity (Wildman–Crippen MR) is 126 cm³/mol. The summed E-state index contributed by atoms with van der Waals surface area (Å²) >= 11 is 0. The number of piperazine rings is 1. The first kappa shape index (κ1) is 23.0. The second-order valence-electron chi connectivity index (χ2n) is 8.59. The molecule has 3 nitrogen and oxygen atoms in total. The lowest BCUT2D eigenvalue weighted by molar-refractivity contribution is 0.0863. The average molecular weight is 422 g/mol. The highest BCUT2D eigenvalue weighted by Gasteiger charge is 2.32. The zero-order valence-electron chi connectivity index (χ0n) is 17.4. The lowest BCUT2D eigenvalue weighted by atomic mass is 9.80. The van der Waals surface area contributed by atoms with E-state index in [1.807, 2.05) is 0 Å². The zero-order chi connectivity index (χ0) is 18.3. The molecule has 1 aliphatic heterocycles. The number of rotatable bonds is 3. The molecule has 1 N–H and O–H groups in total. The van der Waals surface area contributed by atoms with Crippen LogP contribution in [0, 0.1) is 5.41 Å². The number of hydrogen-bond acceptors (Lipinski definition) is 2. The lowest BCUT2D eigenvalue weighted by Gasteiger charge is -2.42. The van der Waals surface area contributed by atoms with Gasteiger partial charge >= 0.3 is 0 Å². The van der Waals surface area contributed by atoms with Gasteiger partial charge in [0.2, 0.25) is 0 Å². The topological polar surface area (TPSA) is 20.2 Å². The maximum absolute atomic E-state index is 3.49. The summed E-state index contributed by atoms with van der Waals surface area (Å²) in [6.45, 7) is 14.8. The fourth-order valence-corrected chi connectivity index (χ4v) is 4.78. The number of fused-ring (bicyclic) bond motifs is 3. The number of halogens is 2. The van der Waals surface area contributed by atoms with Crippen LogP contribution in [0.2, 0.25) is 0 Å². The van der Waals surface area contributed by atoms with Crippen molar-refractivity contribution in [2.24, 2.45) is 5.41 Å². The molecule has 1 aliphatic rings. The minimum Gasteiger partial charge on any atom is -0.341 e. The summed E-state index contributed by atoms with van der Waals surface area (Å²) in [6, 6.07) is 16.4. The molecule has 2 heterocycles. The zero-order valence-corrected chi connectivity index (χ0v) is 19.0. The van der Waals surface area contributed by atoms with Crippen molar-refractivity contribution in [3.8, 4) is 0 Å². The molecule has 0 spiro atoms. The Labute approximate surface area is 181 Å². The van der Waals surface area contributed by atoms with Crippen LogP contribution in [0.5, 0.6) is 0 Å². The monoisotopic (exact) mass is 421 g/mol. The highest BCUT2D eigenvalue weighted by molar-refractivity contribution is 6.08. The first-order valence-corrected chi connectivity index (χ1v) is 9.96. The number of nitrogens with one attached hydrogen (secondary N) is 1. The van der Waals surface area contributed by atoms with Gasteiger partial charge in [0.05, 0.1) is 0 Å². The Balaban J connectivity index is 0.00000140. The van der Waals surface area contributed by atoms with Crippen LogP contribution in [-0.2, 0) is 6.54 Å². The van der Waals surface area contributed by atoms with Gasteiger partial charge in [0, 0.05) is 60.6 Å². The van der Waals surface area contributed by atoms with Crippen molar-refractivity contribution in [3.05, 3.63) is 48.0 Å². The van der Waals surface area contributed by atoms with Crippen molar-refractivity contribution in [2.45, 2.75) is 40.3 Å². The summed E-state index contributed by atoms with van der Waals surface area (Å²) in [6.07, 6.45) is 0. The molecule has 4 rings (SSSR count). The SMILES string of the molecule is CCn1c2ccccc2c2cc([C@H](N3CCNCC3)C(C)(C)C)ccc21.Cl.Cl. The van der Waals surface area contributed by atoms with E-state index in [0.717, 1.165) is 32.7 Å². The number of hydrogen-bond donors (Lipinski definition) is 1. The van der Waals surface area contributed by atoms with E-state index < -0.39 is 0 Å². The van der Waals surface area contributed by atoms with Crippen LogP contribution in [0.3, 0.4) is 0 Å². The second-order valence-corrected chi connectivity index (χ2v) is 8.59. The summed E-state index contributed by atoms with van der Waals surface area (Å²) in [5.41, 5.74) is 4.35. The molecule has 0 saturated carbocycles. The van der Waals surface area contributed by atoms with Gasteiger partial charge in [0.15, 0.2) is 0 Å². The van der Waals surface area contributed by atoms with Gasteiger partial charge in [0.1, 0.15) is 0 Å².